The van der Waals surface area contributed by atoms with E-state index < -0.39 is 6.03 Å². The van der Waals surface area contributed by atoms with Gasteiger partial charge in [-0.1, -0.05) is 54.2 Å². The van der Waals surface area contributed by atoms with E-state index in [1.54, 1.807) is 19.2 Å². The fourth-order valence-corrected chi connectivity index (χ4v) is 3.11. The summed E-state index contributed by atoms with van der Waals surface area (Å²) < 4.78 is 5.13. The van der Waals surface area contributed by atoms with Crippen LogP contribution in [-0.2, 0) is 0 Å². The summed E-state index contributed by atoms with van der Waals surface area (Å²) >= 11 is 1.25. The average Bonchev–Trinajstić information content (AvgIpc) is 3.00. The number of urea groups is 1. The van der Waals surface area contributed by atoms with Gasteiger partial charge in [0.05, 0.1) is 18.6 Å². The number of hydrogen-bond donors (Lipinski definition) is 1. The molecule has 5 nitrogen and oxygen atoms in total. The van der Waals surface area contributed by atoms with Gasteiger partial charge in [0.1, 0.15) is 10.8 Å². The first-order chi connectivity index (χ1) is 12.2. The molecule has 1 N–H and O–H groups in total. The summed E-state index contributed by atoms with van der Waals surface area (Å²) in [6.07, 6.45) is 1.82. The van der Waals surface area contributed by atoms with Crippen molar-refractivity contribution in [3.05, 3.63) is 71.4 Å². The van der Waals surface area contributed by atoms with Gasteiger partial charge in [0.15, 0.2) is 5.78 Å². The highest BCUT2D eigenvalue weighted by molar-refractivity contribution is 8.15. The highest BCUT2D eigenvalue weighted by Crippen LogP contribution is 2.21. The van der Waals surface area contributed by atoms with Gasteiger partial charge in [0, 0.05) is 5.56 Å². The van der Waals surface area contributed by atoms with E-state index in [9.17, 15) is 9.59 Å². The van der Waals surface area contributed by atoms with Gasteiger partial charge in [-0.15, -0.1) is 0 Å². The van der Waals surface area contributed by atoms with Gasteiger partial charge in [-0.3, -0.25) is 4.79 Å². The summed E-state index contributed by atoms with van der Waals surface area (Å²) in [4.78, 5) is 27.8. The Labute approximate surface area is 149 Å². The molecule has 2 aromatic carbocycles. The lowest BCUT2D eigenvalue weighted by atomic mass is 10.2. The molecule has 0 bridgehead atoms. The van der Waals surface area contributed by atoms with Crippen molar-refractivity contribution in [3.63, 3.8) is 0 Å². The number of carbonyl (C=O) groups is 2. The van der Waals surface area contributed by atoms with Crippen molar-refractivity contribution >= 4 is 34.7 Å². The van der Waals surface area contributed by atoms with Crippen molar-refractivity contribution in [3.8, 4) is 5.75 Å². The van der Waals surface area contributed by atoms with Crippen LogP contribution in [-0.4, -0.2) is 29.7 Å². The van der Waals surface area contributed by atoms with Crippen LogP contribution in [0.1, 0.15) is 15.9 Å². The van der Waals surface area contributed by atoms with Gasteiger partial charge in [-0.2, -0.15) is 4.99 Å². The Morgan fingerprint density at radius 3 is 2.56 bits per heavy atom. The first-order valence-corrected chi connectivity index (χ1v) is 8.61. The molecule has 1 heterocycles. The maximum absolute atomic E-state index is 12.2. The van der Waals surface area contributed by atoms with Crippen LogP contribution in [0.2, 0.25) is 0 Å². The van der Waals surface area contributed by atoms with Crippen molar-refractivity contribution in [1.29, 1.82) is 0 Å². The van der Waals surface area contributed by atoms with E-state index in [4.69, 9.17) is 4.74 Å². The Bertz CT molecular complexity index is 843. The largest absolute Gasteiger partial charge is 0.497 e. The molecule has 2 aromatic rings. The zero-order valence-corrected chi connectivity index (χ0v) is 14.4. The van der Waals surface area contributed by atoms with Crippen molar-refractivity contribution in [2.75, 3.05) is 12.9 Å². The molecule has 0 saturated heterocycles. The molecule has 6 heteroatoms. The highest BCUT2D eigenvalue weighted by atomic mass is 32.2. The Morgan fingerprint density at radius 2 is 1.88 bits per heavy atom. The first-order valence-electron chi connectivity index (χ1n) is 7.62. The number of ether oxygens (including phenoxy) is 1. The van der Waals surface area contributed by atoms with Crippen molar-refractivity contribution in [2.24, 2.45) is 4.99 Å². The number of amides is 2. The molecule has 1 aliphatic rings. The normalized spacial score (nSPS) is 15.0. The van der Waals surface area contributed by atoms with Crippen LogP contribution < -0.4 is 10.1 Å². The maximum Gasteiger partial charge on any atom is 0.346 e. The zero-order chi connectivity index (χ0) is 17.6. The molecule has 3 rings (SSSR count). The Balaban J connectivity index is 1.70. The quantitative estimate of drug-likeness (QED) is 0.832. The number of benzene rings is 2. The molecule has 2 amide bonds. The number of thioether (sulfide) groups is 1. The van der Waals surface area contributed by atoms with E-state index in [0.717, 1.165) is 11.3 Å². The lowest BCUT2D eigenvalue weighted by Gasteiger charge is -2.04. The summed E-state index contributed by atoms with van der Waals surface area (Å²) in [5, 5.41) is 3.22. The molecule has 1 aliphatic heterocycles. The van der Waals surface area contributed by atoms with Crippen molar-refractivity contribution < 1.29 is 14.3 Å². The zero-order valence-electron chi connectivity index (χ0n) is 13.6. The second kappa shape index (κ2) is 7.81. The Hall–Kier alpha value is -2.86. The average molecular weight is 352 g/mol. The third kappa shape index (κ3) is 4.36. The van der Waals surface area contributed by atoms with Gasteiger partial charge in [0.25, 0.3) is 0 Å². The maximum atomic E-state index is 12.2. The number of carbonyl (C=O) groups excluding carboxylic acids is 2. The molecule has 25 heavy (non-hydrogen) atoms. The molecule has 0 atom stereocenters. The van der Waals surface area contributed by atoms with E-state index in [2.05, 4.69) is 10.3 Å². The molecular weight excluding hydrogens is 336 g/mol. The second-order valence-corrected chi connectivity index (χ2v) is 6.22. The minimum absolute atomic E-state index is 0.00329. The molecule has 0 spiro atoms. The fourth-order valence-electron chi connectivity index (χ4n) is 2.27. The van der Waals surface area contributed by atoms with Crippen molar-refractivity contribution in [2.45, 2.75) is 0 Å². The number of nitrogens with one attached hydrogen (secondary N) is 1. The number of Topliss-reactive ketones (excluding diaryl/α,β-unsaturated/α-hetero) is 1. The van der Waals surface area contributed by atoms with Gasteiger partial charge < -0.3 is 10.1 Å². The third-order valence-electron chi connectivity index (χ3n) is 3.54. The van der Waals surface area contributed by atoms with E-state index in [1.807, 2.05) is 48.5 Å². The number of aliphatic imine (C=N–C) groups is 1. The van der Waals surface area contributed by atoms with Crippen LogP contribution in [0.25, 0.3) is 6.08 Å². The van der Waals surface area contributed by atoms with E-state index in [-0.39, 0.29) is 11.5 Å². The minimum atomic E-state index is -0.422. The van der Waals surface area contributed by atoms with Gasteiger partial charge >= 0.3 is 6.03 Å². The fraction of sp³-hybridized carbons (Fsp3) is 0.105. The van der Waals surface area contributed by atoms with Crippen molar-refractivity contribution in [1.82, 2.24) is 5.32 Å². The topological polar surface area (TPSA) is 67.8 Å². The smallest absolute Gasteiger partial charge is 0.346 e. The van der Waals surface area contributed by atoms with Crippen LogP contribution in [0.4, 0.5) is 4.79 Å². The molecular formula is C19H16N2O3S. The molecule has 0 aromatic heterocycles. The molecule has 126 valence electrons. The summed E-state index contributed by atoms with van der Waals surface area (Å²) in [6.45, 7) is 0. The minimum Gasteiger partial charge on any atom is -0.497 e. The number of rotatable bonds is 5. The number of hydrogen-bond acceptors (Lipinski definition) is 4. The monoisotopic (exact) mass is 352 g/mol. The predicted octanol–water partition coefficient (Wildman–Crippen LogP) is 3.77. The Kier molecular flexibility index (Phi) is 5.30. The SMILES string of the molecule is COc1ccc(C=C2NC(=O)N=C2SCC(=O)c2ccccc2)cc1. The molecule has 0 saturated carbocycles. The van der Waals surface area contributed by atoms with Crippen LogP contribution in [0.5, 0.6) is 5.75 Å². The van der Waals surface area contributed by atoms with E-state index in [0.29, 0.717) is 16.3 Å². The van der Waals surface area contributed by atoms with Gasteiger partial charge in [-0.25, -0.2) is 4.79 Å². The lowest BCUT2D eigenvalue weighted by molar-refractivity contribution is 0.102. The summed E-state index contributed by atoms with van der Waals surface area (Å²) in [6, 6.07) is 16.1. The van der Waals surface area contributed by atoms with E-state index in [1.165, 1.54) is 11.8 Å². The van der Waals surface area contributed by atoms with Gasteiger partial charge in [-0.05, 0) is 23.8 Å². The van der Waals surface area contributed by atoms with Crippen LogP contribution in [0.15, 0.2) is 65.3 Å². The van der Waals surface area contributed by atoms with E-state index >= 15 is 0 Å². The molecule has 0 unspecified atom stereocenters. The molecule has 0 aliphatic carbocycles. The highest BCUT2D eigenvalue weighted by Gasteiger charge is 2.21. The van der Waals surface area contributed by atoms with Crippen LogP contribution >= 0.6 is 11.8 Å². The molecule has 0 radical (unpaired) electrons. The number of ketones is 1. The summed E-state index contributed by atoms with van der Waals surface area (Å²) in [7, 11) is 1.61. The standard InChI is InChI=1S/C19H16N2O3S/c1-24-15-9-7-13(8-10-15)11-16-18(21-19(23)20-16)25-12-17(22)14-5-3-2-4-6-14/h2-11H,12H2,1H3,(H,20,23). The lowest BCUT2D eigenvalue weighted by Crippen LogP contribution is -2.14. The third-order valence-corrected chi connectivity index (χ3v) is 4.53. The van der Waals surface area contributed by atoms with Crippen LogP contribution in [0.3, 0.4) is 0 Å². The summed E-state index contributed by atoms with van der Waals surface area (Å²) in [5.74, 6) is 0.975. The second-order valence-electron chi connectivity index (χ2n) is 5.26. The number of methoxy groups -OCH3 is 1. The van der Waals surface area contributed by atoms with Crippen LogP contribution in [0, 0.1) is 0 Å². The Morgan fingerprint density at radius 1 is 1.16 bits per heavy atom. The number of nitrogens with zero attached hydrogens (tertiary/aromatic N) is 1. The first kappa shape index (κ1) is 17.0. The molecule has 0 fully saturated rings. The summed E-state index contributed by atoms with van der Waals surface area (Å²) in [5.41, 5.74) is 2.15. The predicted molar refractivity (Wildman–Crippen MR) is 100 cm³/mol. The van der Waals surface area contributed by atoms with Gasteiger partial charge in [0.2, 0.25) is 0 Å².